The molecule has 0 aliphatic carbocycles. The zero-order valence-electron chi connectivity index (χ0n) is 3.29. The molecule has 0 amide bonds. The molecule has 0 aliphatic heterocycles. The molecule has 3 N–H and O–H groups in total. The summed E-state index contributed by atoms with van der Waals surface area (Å²) in [5, 5.41) is 8.30. The van der Waals surface area contributed by atoms with E-state index in [2.05, 4.69) is 8.44 Å². The van der Waals surface area contributed by atoms with Crippen LogP contribution in [0.25, 0.3) is 0 Å². The van der Waals surface area contributed by atoms with E-state index in [4.69, 9.17) is 10.8 Å². The SMILES string of the molecule is NC(O)CSP. The number of aliphatic hydroxyl groups is 1. The average molecular weight is 125 g/mol. The molecule has 0 spiro atoms. The number of rotatable bonds is 2. The number of hydrogen-bond donors (Lipinski definition) is 2. The summed E-state index contributed by atoms with van der Waals surface area (Å²) in [4.78, 5) is 0. The zero-order valence-corrected chi connectivity index (χ0v) is 5.27. The summed E-state index contributed by atoms with van der Waals surface area (Å²) in [5.41, 5.74) is 4.92. The molecule has 2 atom stereocenters. The third kappa shape index (κ3) is 4.70. The Bertz CT molecular complexity index is 34.7. The molecule has 0 bridgehead atoms. The van der Waals surface area contributed by atoms with Crippen LogP contribution in [0.1, 0.15) is 0 Å². The lowest BCUT2D eigenvalue weighted by Crippen LogP contribution is -2.20. The normalized spacial score (nSPS) is 14.5. The average Bonchev–Trinajstić information content (AvgIpc) is 1.35. The van der Waals surface area contributed by atoms with Crippen molar-refractivity contribution in [2.75, 3.05) is 5.75 Å². The summed E-state index contributed by atoms with van der Waals surface area (Å²) in [5.74, 6) is 0.588. The minimum Gasteiger partial charge on any atom is -0.378 e. The van der Waals surface area contributed by atoms with Gasteiger partial charge in [-0.25, -0.2) is 0 Å². The third-order valence-electron chi connectivity index (χ3n) is 0.267. The van der Waals surface area contributed by atoms with Crippen LogP contribution in [0.4, 0.5) is 0 Å². The van der Waals surface area contributed by atoms with Gasteiger partial charge in [-0.1, -0.05) is 8.44 Å². The second-order valence-electron chi connectivity index (χ2n) is 0.901. The minimum absolute atomic E-state index is 0.588. The van der Waals surface area contributed by atoms with Gasteiger partial charge in [0.1, 0.15) is 6.23 Å². The maximum atomic E-state index is 8.30. The highest BCUT2D eigenvalue weighted by Gasteiger charge is 1.87. The van der Waals surface area contributed by atoms with E-state index in [1.807, 2.05) is 0 Å². The zero-order chi connectivity index (χ0) is 4.99. The first kappa shape index (κ1) is 6.70. The van der Waals surface area contributed by atoms with Crippen molar-refractivity contribution in [3.8, 4) is 0 Å². The molecule has 0 aromatic carbocycles. The molecule has 0 aromatic rings. The Morgan fingerprint density at radius 2 is 2.50 bits per heavy atom. The van der Waals surface area contributed by atoms with Gasteiger partial charge in [0.15, 0.2) is 0 Å². The van der Waals surface area contributed by atoms with Gasteiger partial charge in [0, 0.05) is 5.75 Å². The summed E-state index contributed by atoms with van der Waals surface area (Å²) < 4.78 is 0. The smallest absolute Gasteiger partial charge is 0.111 e. The largest absolute Gasteiger partial charge is 0.378 e. The van der Waals surface area contributed by atoms with E-state index in [1.165, 1.54) is 11.4 Å². The molecule has 0 aliphatic rings. The lowest BCUT2D eigenvalue weighted by molar-refractivity contribution is 0.208. The van der Waals surface area contributed by atoms with Gasteiger partial charge in [-0.05, 0) is 0 Å². The summed E-state index contributed by atoms with van der Waals surface area (Å²) in [7, 11) is 2.40. The Kier molecular flexibility index (Phi) is 4.33. The highest BCUT2D eigenvalue weighted by molar-refractivity contribution is 8.43. The molecule has 0 saturated carbocycles. The van der Waals surface area contributed by atoms with Gasteiger partial charge in [-0.2, -0.15) is 0 Å². The first-order chi connectivity index (χ1) is 2.77. The monoisotopic (exact) mass is 125 g/mol. The Balaban J connectivity index is 2.63. The van der Waals surface area contributed by atoms with Crippen molar-refractivity contribution in [2.24, 2.45) is 5.73 Å². The lowest BCUT2D eigenvalue weighted by Gasteiger charge is -1.95. The first-order valence-electron chi connectivity index (χ1n) is 1.52. The van der Waals surface area contributed by atoms with Crippen LogP contribution in [-0.2, 0) is 0 Å². The van der Waals surface area contributed by atoms with E-state index in [0.29, 0.717) is 5.75 Å². The van der Waals surface area contributed by atoms with E-state index >= 15 is 0 Å². The Hall–Kier alpha value is 0.700. The van der Waals surface area contributed by atoms with Gasteiger partial charge in [-0.3, -0.25) is 0 Å². The summed E-state index contributed by atoms with van der Waals surface area (Å²) >= 11 is 1.45. The Morgan fingerprint density at radius 3 is 2.50 bits per heavy atom. The standard InChI is InChI=1S/C2H8NOPS/c3-2(4)1-6-5/h2,4H,1,3,5H2. The van der Waals surface area contributed by atoms with Crippen molar-refractivity contribution >= 4 is 19.8 Å². The maximum absolute atomic E-state index is 8.30. The Labute approximate surface area is 43.4 Å². The van der Waals surface area contributed by atoms with Crippen LogP contribution < -0.4 is 5.73 Å². The van der Waals surface area contributed by atoms with Crippen LogP contribution >= 0.6 is 19.8 Å². The molecule has 0 radical (unpaired) electrons. The molecule has 0 rings (SSSR count). The van der Waals surface area contributed by atoms with Crippen LogP contribution in [0.2, 0.25) is 0 Å². The second-order valence-corrected chi connectivity index (χ2v) is 2.57. The number of hydrogen-bond acceptors (Lipinski definition) is 3. The van der Waals surface area contributed by atoms with Crippen LogP contribution in [0.5, 0.6) is 0 Å². The molecule has 0 fully saturated rings. The van der Waals surface area contributed by atoms with E-state index in [1.54, 1.807) is 0 Å². The molecule has 2 nitrogen and oxygen atoms in total. The minimum atomic E-state index is -0.660. The third-order valence-corrected chi connectivity index (χ3v) is 1.38. The molecule has 0 heterocycles. The van der Waals surface area contributed by atoms with Gasteiger partial charge >= 0.3 is 0 Å². The second kappa shape index (κ2) is 3.88. The van der Waals surface area contributed by atoms with Gasteiger partial charge < -0.3 is 10.8 Å². The van der Waals surface area contributed by atoms with Crippen LogP contribution in [0, 0.1) is 0 Å². The summed E-state index contributed by atoms with van der Waals surface area (Å²) in [6, 6.07) is 0. The molecule has 6 heavy (non-hydrogen) atoms. The van der Waals surface area contributed by atoms with Crippen molar-refractivity contribution in [3.05, 3.63) is 0 Å². The van der Waals surface area contributed by atoms with E-state index < -0.39 is 6.23 Å². The quantitative estimate of drug-likeness (QED) is 0.396. The fourth-order valence-electron chi connectivity index (χ4n) is 0.0986. The summed E-state index contributed by atoms with van der Waals surface area (Å²) in [6.45, 7) is 0. The maximum Gasteiger partial charge on any atom is 0.111 e. The molecular weight excluding hydrogens is 117 g/mol. The Morgan fingerprint density at radius 1 is 2.00 bits per heavy atom. The first-order valence-corrected chi connectivity index (χ1v) is 3.99. The van der Waals surface area contributed by atoms with Gasteiger partial charge in [0.05, 0.1) is 0 Å². The van der Waals surface area contributed by atoms with Gasteiger partial charge in [0.25, 0.3) is 0 Å². The topological polar surface area (TPSA) is 46.2 Å². The van der Waals surface area contributed by atoms with Crippen molar-refractivity contribution in [1.82, 2.24) is 0 Å². The molecular formula is C2H8NOPS. The molecule has 0 aromatic heterocycles. The fraction of sp³-hybridized carbons (Fsp3) is 1.00. The van der Waals surface area contributed by atoms with Crippen molar-refractivity contribution in [1.29, 1.82) is 0 Å². The highest BCUT2D eigenvalue weighted by atomic mass is 32.7. The molecule has 2 unspecified atom stereocenters. The number of nitrogens with two attached hydrogens (primary N) is 1. The molecule has 0 saturated heterocycles. The van der Waals surface area contributed by atoms with Gasteiger partial charge in [-0.15, -0.1) is 11.4 Å². The van der Waals surface area contributed by atoms with Crippen LogP contribution in [-0.4, -0.2) is 17.1 Å². The van der Waals surface area contributed by atoms with E-state index in [-0.39, 0.29) is 0 Å². The van der Waals surface area contributed by atoms with Crippen LogP contribution in [0.3, 0.4) is 0 Å². The van der Waals surface area contributed by atoms with Crippen molar-refractivity contribution in [3.63, 3.8) is 0 Å². The lowest BCUT2D eigenvalue weighted by atomic mass is 10.7. The highest BCUT2D eigenvalue weighted by Crippen LogP contribution is 2.08. The molecule has 38 valence electrons. The summed E-state index contributed by atoms with van der Waals surface area (Å²) in [6.07, 6.45) is -0.660. The van der Waals surface area contributed by atoms with Crippen LogP contribution in [0.15, 0.2) is 0 Å². The van der Waals surface area contributed by atoms with Gasteiger partial charge in [0.2, 0.25) is 0 Å². The van der Waals surface area contributed by atoms with E-state index in [0.717, 1.165) is 0 Å². The fourth-order valence-corrected chi connectivity index (χ4v) is 0.887. The predicted octanol–water partition coefficient (Wildman–Crippen LogP) is -0.213. The molecule has 4 heteroatoms. The van der Waals surface area contributed by atoms with E-state index in [9.17, 15) is 0 Å². The van der Waals surface area contributed by atoms with Crippen molar-refractivity contribution in [2.45, 2.75) is 6.23 Å². The number of aliphatic hydroxyl groups excluding tert-OH is 1. The van der Waals surface area contributed by atoms with Crippen molar-refractivity contribution < 1.29 is 5.11 Å². The predicted molar refractivity (Wildman–Crippen MR) is 32.4 cm³/mol.